The molecule has 0 amide bonds. The minimum absolute atomic E-state index is 0.118. The summed E-state index contributed by atoms with van der Waals surface area (Å²) in [5.74, 6) is -0.403. The van der Waals surface area contributed by atoms with Gasteiger partial charge in [0.2, 0.25) is 5.71 Å². The van der Waals surface area contributed by atoms with Crippen LogP contribution in [0.2, 0.25) is 0 Å². The molecule has 106 valence electrons. The van der Waals surface area contributed by atoms with Crippen LogP contribution in [0.4, 0.5) is 5.69 Å². The molecule has 0 fully saturated rings. The van der Waals surface area contributed by atoms with Gasteiger partial charge < -0.3 is 10.8 Å². The molecule has 2 rings (SSSR count). The van der Waals surface area contributed by atoms with Crippen molar-refractivity contribution in [2.45, 2.75) is 6.61 Å². The van der Waals surface area contributed by atoms with Crippen LogP contribution < -0.4 is 11.2 Å². The number of hydrogen-bond acceptors (Lipinski definition) is 7. The van der Waals surface area contributed by atoms with Crippen molar-refractivity contribution in [1.82, 2.24) is 4.98 Å². The largest absolute Gasteiger partial charge is 0.390 e. The third kappa shape index (κ3) is 3.42. The first-order valence-electron chi connectivity index (χ1n) is 5.88. The van der Waals surface area contributed by atoms with Gasteiger partial charge in [-0.2, -0.15) is 10.4 Å². The topological polar surface area (TPSA) is 131 Å². The quantitative estimate of drug-likeness (QED) is 0.378. The molecule has 0 aliphatic carbocycles. The van der Waals surface area contributed by atoms with Gasteiger partial charge in [0.25, 0.3) is 0 Å². The molecule has 0 unspecified atom stereocenters. The van der Waals surface area contributed by atoms with Crippen LogP contribution in [0.15, 0.2) is 34.7 Å². The minimum Gasteiger partial charge on any atom is -0.390 e. The number of nitrogens with one attached hydrogen (secondary N) is 2. The summed E-state index contributed by atoms with van der Waals surface area (Å²) in [6.45, 7) is -0.118. The first-order valence-corrected chi connectivity index (χ1v) is 6.76. The van der Waals surface area contributed by atoms with E-state index in [1.165, 1.54) is 11.3 Å². The number of hydrogen-bond donors (Lipinski definition) is 4. The molecular formula is C13H12N6OS. The van der Waals surface area contributed by atoms with Crippen LogP contribution in [0.25, 0.3) is 10.6 Å². The van der Waals surface area contributed by atoms with E-state index in [2.05, 4.69) is 15.5 Å². The molecule has 0 atom stereocenters. The molecule has 5 N–H and O–H groups in total. The Labute approximate surface area is 124 Å². The molecule has 1 aromatic carbocycles. The lowest BCUT2D eigenvalue weighted by Gasteiger charge is -2.06. The van der Waals surface area contributed by atoms with Crippen molar-refractivity contribution in [2.24, 2.45) is 10.8 Å². The van der Waals surface area contributed by atoms with Crippen LogP contribution in [0.1, 0.15) is 5.69 Å². The lowest BCUT2D eigenvalue weighted by molar-refractivity contribution is 0.278. The fourth-order valence-electron chi connectivity index (χ4n) is 1.53. The van der Waals surface area contributed by atoms with Crippen molar-refractivity contribution in [3.8, 4) is 16.6 Å². The fraction of sp³-hybridized carbons (Fsp3) is 0.0769. The van der Waals surface area contributed by atoms with Crippen molar-refractivity contribution in [3.63, 3.8) is 0 Å². The maximum Gasteiger partial charge on any atom is 0.201 e. The molecule has 0 radical (unpaired) electrons. The molecular weight excluding hydrogens is 288 g/mol. The highest BCUT2D eigenvalue weighted by Gasteiger charge is 2.09. The number of anilines is 1. The number of benzene rings is 1. The summed E-state index contributed by atoms with van der Waals surface area (Å²) in [5.41, 5.74) is 9.77. The highest BCUT2D eigenvalue weighted by Crippen LogP contribution is 2.30. The third-order valence-corrected chi connectivity index (χ3v) is 3.44. The lowest BCUT2D eigenvalue weighted by atomic mass is 10.2. The Morgan fingerprint density at radius 1 is 1.52 bits per heavy atom. The number of rotatable bonds is 5. The zero-order chi connectivity index (χ0) is 15.2. The van der Waals surface area contributed by atoms with Gasteiger partial charge in [0.05, 0.1) is 18.0 Å². The summed E-state index contributed by atoms with van der Waals surface area (Å²) in [5, 5.41) is 31.4. The summed E-state index contributed by atoms with van der Waals surface area (Å²) < 4.78 is 0. The van der Waals surface area contributed by atoms with E-state index in [1.54, 1.807) is 17.5 Å². The number of aromatic nitrogens is 1. The van der Waals surface area contributed by atoms with Crippen LogP contribution in [0.5, 0.6) is 0 Å². The number of amidine groups is 1. The van der Waals surface area contributed by atoms with E-state index in [4.69, 9.17) is 21.5 Å². The van der Waals surface area contributed by atoms with Crippen molar-refractivity contribution >= 4 is 28.6 Å². The molecule has 1 heterocycles. The van der Waals surface area contributed by atoms with E-state index in [9.17, 15) is 0 Å². The van der Waals surface area contributed by atoms with Gasteiger partial charge >= 0.3 is 0 Å². The number of aliphatic hydroxyl groups is 1. The Bertz CT molecular complexity index is 730. The van der Waals surface area contributed by atoms with Crippen molar-refractivity contribution in [1.29, 1.82) is 10.7 Å². The molecule has 0 aliphatic heterocycles. The molecule has 7 nitrogen and oxygen atoms in total. The van der Waals surface area contributed by atoms with E-state index in [0.29, 0.717) is 11.4 Å². The standard InChI is InChI=1S/C13H12N6OS/c14-5-11(12(15)16)19-18-10-4-2-1-3-9(10)13-17-8(6-20)7-21-13/h1-4,7,18,20H,6H2,(H3,15,16)/b19-11+. The van der Waals surface area contributed by atoms with Gasteiger partial charge in [0.1, 0.15) is 11.1 Å². The Kier molecular flexibility index (Phi) is 4.61. The van der Waals surface area contributed by atoms with Gasteiger partial charge in [-0.05, 0) is 12.1 Å². The first-order chi connectivity index (χ1) is 10.2. The maximum absolute atomic E-state index is 9.07. The lowest BCUT2D eigenvalue weighted by Crippen LogP contribution is -2.21. The van der Waals surface area contributed by atoms with Crippen molar-refractivity contribution in [2.75, 3.05) is 5.43 Å². The normalized spacial score (nSPS) is 11.0. The van der Waals surface area contributed by atoms with E-state index < -0.39 is 5.84 Å². The second-order valence-corrected chi connectivity index (χ2v) is 4.80. The predicted octanol–water partition coefficient (Wildman–Crippen LogP) is 1.53. The fourth-order valence-corrected chi connectivity index (χ4v) is 2.38. The summed E-state index contributed by atoms with van der Waals surface area (Å²) in [6.07, 6.45) is 0. The van der Waals surface area contributed by atoms with Crippen molar-refractivity contribution < 1.29 is 5.11 Å². The summed E-state index contributed by atoms with van der Waals surface area (Å²) in [6, 6.07) is 9.01. The second-order valence-electron chi connectivity index (χ2n) is 3.95. The number of nitrogens with two attached hydrogens (primary N) is 1. The number of nitrogens with zero attached hydrogens (tertiary/aromatic N) is 3. The number of hydrazone groups is 1. The maximum atomic E-state index is 9.07. The average Bonchev–Trinajstić information content (AvgIpc) is 2.97. The van der Waals surface area contributed by atoms with Crippen LogP contribution in [0, 0.1) is 16.7 Å². The van der Waals surface area contributed by atoms with Gasteiger partial charge in [-0.15, -0.1) is 11.3 Å². The van der Waals surface area contributed by atoms with Gasteiger partial charge in [-0.1, -0.05) is 12.1 Å². The Balaban J connectivity index is 2.34. The molecule has 1 aromatic heterocycles. The summed E-state index contributed by atoms with van der Waals surface area (Å²) in [7, 11) is 0. The third-order valence-electron chi connectivity index (χ3n) is 2.52. The zero-order valence-electron chi connectivity index (χ0n) is 10.9. The van der Waals surface area contributed by atoms with Gasteiger partial charge in [-0.25, -0.2) is 4.98 Å². The highest BCUT2D eigenvalue weighted by molar-refractivity contribution is 7.13. The van der Waals surface area contributed by atoms with Crippen molar-refractivity contribution in [3.05, 3.63) is 35.3 Å². The number of nitriles is 1. The zero-order valence-corrected chi connectivity index (χ0v) is 11.7. The number of aliphatic hydroxyl groups excluding tert-OH is 1. The van der Waals surface area contributed by atoms with Crippen LogP contribution >= 0.6 is 11.3 Å². The smallest absolute Gasteiger partial charge is 0.201 e. The molecule has 2 aromatic rings. The molecule has 0 saturated heterocycles. The molecule has 8 heteroatoms. The van der Waals surface area contributed by atoms with E-state index in [0.717, 1.165) is 10.6 Å². The highest BCUT2D eigenvalue weighted by atomic mass is 32.1. The van der Waals surface area contributed by atoms with E-state index in [-0.39, 0.29) is 12.3 Å². The number of para-hydroxylation sites is 1. The minimum atomic E-state index is -0.403. The summed E-state index contributed by atoms with van der Waals surface area (Å²) in [4.78, 5) is 4.29. The molecule has 0 saturated carbocycles. The van der Waals surface area contributed by atoms with E-state index >= 15 is 0 Å². The second kappa shape index (κ2) is 6.60. The average molecular weight is 300 g/mol. The first kappa shape index (κ1) is 14.6. The predicted molar refractivity (Wildman–Crippen MR) is 82.1 cm³/mol. The van der Waals surface area contributed by atoms with Gasteiger partial charge in [-0.3, -0.25) is 10.8 Å². The molecule has 0 spiro atoms. The number of thiazole rings is 1. The Morgan fingerprint density at radius 3 is 2.90 bits per heavy atom. The Hall–Kier alpha value is -2.76. The van der Waals surface area contributed by atoms with Crippen LogP contribution in [-0.4, -0.2) is 21.6 Å². The molecule has 21 heavy (non-hydrogen) atoms. The van der Waals surface area contributed by atoms with Crippen LogP contribution in [0.3, 0.4) is 0 Å². The van der Waals surface area contributed by atoms with Gasteiger partial charge in [0.15, 0.2) is 5.84 Å². The Morgan fingerprint density at radius 2 is 2.29 bits per heavy atom. The summed E-state index contributed by atoms with van der Waals surface area (Å²) >= 11 is 1.40. The monoisotopic (exact) mass is 300 g/mol. The van der Waals surface area contributed by atoms with Crippen LogP contribution in [-0.2, 0) is 6.61 Å². The van der Waals surface area contributed by atoms with Gasteiger partial charge in [0, 0.05) is 10.9 Å². The SMILES string of the molecule is N#C/C(=N\Nc1ccccc1-c1nc(CO)cs1)C(=N)N. The molecule has 0 bridgehead atoms. The molecule has 0 aliphatic rings. The van der Waals surface area contributed by atoms with E-state index in [1.807, 2.05) is 18.2 Å².